The van der Waals surface area contributed by atoms with Gasteiger partial charge in [-0.05, 0) is 26.2 Å². The normalized spacial score (nSPS) is 16.5. The van der Waals surface area contributed by atoms with Crippen molar-refractivity contribution >= 4 is 11.6 Å². The van der Waals surface area contributed by atoms with Crippen LogP contribution in [0.1, 0.15) is 57.3 Å². The SMILES string of the molecule is Cc1c(NN)nc(C(C)C)nc1NC(C)CC1CC1. The Hall–Kier alpha value is -1.36. The molecule has 1 heterocycles. The summed E-state index contributed by atoms with van der Waals surface area (Å²) < 4.78 is 0. The predicted molar refractivity (Wildman–Crippen MR) is 79.1 cm³/mol. The fourth-order valence-electron chi connectivity index (χ4n) is 2.22. The topological polar surface area (TPSA) is 75.9 Å². The Morgan fingerprint density at radius 1 is 1.21 bits per heavy atom. The first kappa shape index (κ1) is 14.1. The Balaban J connectivity index is 2.18. The molecule has 0 spiro atoms. The molecule has 1 saturated carbocycles. The van der Waals surface area contributed by atoms with Gasteiger partial charge < -0.3 is 10.7 Å². The Morgan fingerprint density at radius 3 is 2.37 bits per heavy atom. The number of anilines is 2. The zero-order valence-electron chi connectivity index (χ0n) is 12.3. The Morgan fingerprint density at radius 2 is 1.84 bits per heavy atom. The quantitative estimate of drug-likeness (QED) is 0.543. The fourth-order valence-corrected chi connectivity index (χ4v) is 2.22. The van der Waals surface area contributed by atoms with Crippen LogP contribution in [0.3, 0.4) is 0 Å². The minimum absolute atomic E-state index is 0.284. The fraction of sp³-hybridized carbons (Fsp3) is 0.714. The van der Waals surface area contributed by atoms with Crippen LogP contribution < -0.4 is 16.6 Å². The van der Waals surface area contributed by atoms with E-state index in [4.69, 9.17) is 5.84 Å². The van der Waals surface area contributed by atoms with Gasteiger partial charge in [-0.3, -0.25) is 0 Å². The van der Waals surface area contributed by atoms with E-state index >= 15 is 0 Å². The van der Waals surface area contributed by atoms with Crippen LogP contribution in [-0.2, 0) is 0 Å². The number of hydrogen-bond acceptors (Lipinski definition) is 5. The molecule has 1 aliphatic carbocycles. The van der Waals surface area contributed by atoms with E-state index < -0.39 is 0 Å². The molecule has 0 bridgehead atoms. The van der Waals surface area contributed by atoms with Crippen molar-refractivity contribution in [2.45, 2.75) is 58.9 Å². The molecule has 1 fully saturated rings. The monoisotopic (exact) mass is 263 g/mol. The number of nitrogen functional groups attached to an aromatic ring is 1. The smallest absolute Gasteiger partial charge is 0.148 e. The summed E-state index contributed by atoms with van der Waals surface area (Å²) in [7, 11) is 0. The van der Waals surface area contributed by atoms with Crippen molar-refractivity contribution < 1.29 is 0 Å². The van der Waals surface area contributed by atoms with Crippen LogP contribution in [0.25, 0.3) is 0 Å². The van der Waals surface area contributed by atoms with Crippen LogP contribution in [0.15, 0.2) is 0 Å². The molecule has 4 N–H and O–H groups in total. The lowest BCUT2D eigenvalue weighted by atomic mass is 10.1. The number of hydrazine groups is 1. The van der Waals surface area contributed by atoms with Gasteiger partial charge in [0.05, 0.1) is 0 Å². The van der Waals surface area contributed by atoms with E-state index in [1.165, 1.54) is 19.3 Å². The zero-order chi connectivity index (χ0) is 14.0. The van der Waals surface area contributed by atoms with Gasteiger partial charge in [0.1, 0.15) is 17.5 Å². The molecule has 1 unspecified atom stereocenters. The summed E-state index contributed by atoms with van der Waals surface area (Å²) in [6.07, 6.45) is 3.97. The maximum Gasteiger partial charge on any atom is 0.148 e. The minimum atomic E-state index is 0.284. The van der Waals surface area contributed by atoms with Gasteiger partial charge in [0.15, 0.2) is 0 Å². The van der Waals surface area contributed by atoms with Crippen molar-refractivity contribution in [2.24, 2.45) is 11.8 Å². The van der Waals surface area contributed by atoms with Crippen LogP contribution >= 0.6 is 0 Å². The number of nitrogens with two attached hydrogens (primary N) is 1. The molecule has 0 aliphatic heterocycles. The predicted octanol–water partition coefficient (Wildman–Crippen LogP) is 2.79. The Bertz CT molecular complexity index is 440. The second kappa shape index (κ2) is 5.74. The molecule has 0 saturated heterocycles. The number of rotatable bonds is 6. The largest absolute Gasteiger partial charge is 0.367 e. The van der Waals surface area contributed by atoms with Crippen molar-refractivity contribution in [2.75, 3.05) is 10.7 Å². The van der Waals surface area contributed by atoms with E-state index in [0.717, 1.165) is 23.1 Å². The molecule has 19 heavy (non-hydrogen) atoms. The van der Waals surface area contributed by atoms with Crippen molar-refractivity contribution in [1.29, 1.82) is 0 Å². The molecule has 0 amide bonds. The summed E-state index contributed by atoms with van der Waals surface area (Å²) in [6.45, 7) is 8.38. The Labute approximate surface area is 115 Å². The third kappa shape index (κ3) is 3.56. The Kier molecular flexibility index (Phi) is 4.24. The van der Waals surface area contributed by atoms with Crippen molar-refractivity contribution in [3.63, 3.8) is 0 Å². The van der Waals surface area contributed by atoms with Crippen LogP contribution in [0.4, 0.5) is 11.6 Å². The first-order valence-electron chi connectivity index (χ1n) is 7.13. The standard InChI is InChI=1S/C14H25N5/c1-8(2)12-17-13(10(4)14(18-12)19-15)16-9(3)7-11-5-6-11/h8-9,11H,5-7,15H2,1-4H3,(H2,16,17,18,19). The summed E-state index contributed by atoms with van der Waals surface area (Å²) in [5.41, 5.74) is 3.65. The first-order chi connectivity index (χ1) is 9.01. The first-order valence-corrected chi connectivity index (χ1v) is 7.13. The number of aromatic nitrogens is 2. The molecule has 1 aliphatic rings. The molecule has 5 heteroatoms. The van der Waals surface area contributed by atoms with Gasteiger partial charge >= 0.3 is 0 Å². The summed E-state index contributed by atoms with van der Waals surface area (Å²) in [4.78, 5) is 9.07. The number of nitrogens with one attached hydrogen (secondary N) is 2. The van der Waals surface area contributed by atoms with E-state index in [-0.39, 0.29) is 5.92 Å². The third-order valence-electron chi connectivity index (χ3n) is 3.58. The van der Waals surface area contributed by atoms with Crippen molar-refractivity contribution in [3.05, 3.63) is 11.4 Å². The highest BCUT2D eigenvalue weighted by atomic mass is 15.3. The van der Waals surface area contributed by atoms with Gasteiger partial charge in [-0.15, -0.1) is 0 Å². The third-order valence-corrected chi connectivity index (χ3v) is 3.58. The van der Waals surface area contributed by atoms with Gasteiger partial charge in [0.2, 0.25) is 0 Å². The summed E-state index contributed by atoms with van der Waals surface area (Å²) in [6, 6.07) is 0.437. The highest BCUT2D eigenvalue weighted by Crippen LogP contribution is 2.34. The molecule has 0 radical (unpaired) electrons. The van der Waals surface area contributed by atoms with Crippen LogP contribution in [-0.4, -0.2) is 16.0 Å². The van der Waals surface area contributed by atoms with E-state index in [0.29, 0.717) is 11.9 Å². The molecular formula is C14H25N5. The van der Waals surface area contributed by atoms with Gasteiger partial charge in [-0.2, -0.15) is 0 Å². The highest BCUT2D eigenvalue weighted by molar-refractivity contribution is 5.57. The van der Waals surface area contributed by atoms with Crippen molar-refractivity contribution in [3.8, 4) is 0 Å². The number of nitrogens with zero attached hydrogens (tertiary/aromatic N) is 2. The summed E-state index contributed by atoms with van der Waals surface area (Å²) >= 11 is 0. The zero-order valence-corrected chi connectivity index (χ0v) is 12.3. The molecule has 1 aromatic heterocycles. The van der Waals surface area contributed by atoms with E-state index in [1.54, 1.807) is 0 Å². The van der Waals surface area contributed by atoms with Gasteiger partial charge in [0, 0.05) is 17.5 Å². The molecule has 0 aromatic carbocycles. The van der Waals surface area contributed by atoms with Crippen LogP contribution in [0.2, 0.25) is 0 Å². The van der Waals surface area contributed by atoms with Crippen LogP contribution in [0, 0.1) is 12.8 Å². The van der Waals surface area contributed by atoms with E-state index in [9.17, 15) is 0 Å². The highest BCUT2D eigenvalue weighted by Gasteiger charge is 2.24. The summed E-state index contributed by atoms with van der Waals surface area (Å²) in [5.74, 6) is 9.16. The molecule has 2 rings (SSSR count). The molecule has 1 aromatic rings. The second-order valence-electron chi connectivity index (χ2n) is 5.93. The molecule has 5 nitrogen and oxygen atoms in total. The average molecular weight is 263 g/mol. The lowest BCUT2D eigenvalue weighted by Crippen LogP contribution is -2.20. The summed E-state index contributed by atoms with van der Waals surface area (Å²) in [5, 5.41) is 3.50. The molecule has 1 atom stereocenters. The lowest BCUT2D eigenvalue weighted by molar-refractivity contribution is 0.637. The van der Waals surface area contributed by atoms with Crippen molar-refractivity contribution in [1.82, 2.24) is 9.97 Å². The number of hydrogen-bond donors (Lipinski definition) is 3. The van der Waals surface area contributed by atoms with E-state index in [1.807, 2.05) is 6.92 Å². The average Bonchev–Trinajstić information content (AvgIpc) is 3.15. The minimum Gasteiger partial charge on any atom is -0.367 e. The van der Waals surface area contributed by atoms with E-state index in [2.05, 4.69) is 41.5 Å². The second-order valence-corrected chi connectivity index (χ2v) is 5.93. The van der Waals surface area contributed by atoms with Gasteiger partial charge in [-0.1, -0.05) is 26.7 Å². The lowest BCUT2D eigenvalue weighted by Gasteiger charge is -2.19. The van der Waals surface area contributed by atoms with Crippen LogP contribution in [0.5, 0.6) is 0 Å². The maximum absolute atomic E-state index is 5.54. The van der Waals surface area contributed by atoms with Gasteiger partial charge in [0.25, 0.3) is 0 Å². The maximum atomic E-state index is 5.54. The molecule has 106 valence electrons. The van der Waals surface area contributed by atoms with Gasteiger partial charge in [-0.25, -0.2) is 15.8 Å². The molecular weight excluding hydrogens is 238 g/mol.